The summed E-state index contributed by atoms with van der Waals surface area (Å²) in [6.45, 7) is 8.02. The molecule has 0 saturated carbocycles. The van der Waals surface area contributed by atoms with E-state index in [2.05, 4.69) is 15.3 Å². The predicted octanol–water partition coefficient (Wildman–Crippen LogP) is 6.08. The van der Waals surface area contributed by atoms with Crippen LogP contribution in [0.1, 0.15) is 62.2 Å². The van der Waals surface area contributed by atoms with Gasteiger partial charge in [0.1, 0.15) is 17.5 Å². The summed E-state index contributed by atoms with van der Waals surface area (Å²) < 4.78 is 44.4. The molecule has 1 N–H and O–H groups in total. The Labute approximate surface area is 191 Å². The first-order valence-electron chi connectivity index (χ1n) is 11.0. The molecule has 4 rings (SSSR count). The molecule has 1 aromatic heterocycles. The zero-order valence-electron chi connectivity index (χ0n) is 19.5. The average molecular weight is 457 g/mol. The number of benzene rings is 2. The Morgan fingerprint density at radius 2 is 1.85 bits per heavy atom. The highest BCUT2D eigenvalue weighted by Crippen LogP contribution is 2.41. The maximum Gasteiger partial charge on any atom is 0.278 e. The molecule has 2 atom stereocenters. The van der Waals surface area contributed by atoms with Gasteiger partial charge in [0.2, 0.25) is 5.91 Å². The van der Waals surface area contributed by atoms with Crippen LogP contribution in [0.15, 0.2) is 30.3 Å². The second kappa shape index (κ2) is 8.01. The SMILES string of the molecule is Cc1nc(N[C@H](C)c2cccc(C(F)(F)C(C)C)c2F)c2cc3c(cc2n1)N(C)C(=O)C3C. The Balaban J connectivity index is 1.77. The maximum atomic E-state index is 15.2. The lowest BCUT2D eigenvalue weighted by molar-refractivity contribution is -0.118. The van der Waals surface area contributed by atoms with Gasteiger partial charge >= 0.3 is 0 Å². The first-order chi connectivity index (χ1) is 15.4. The van der Waals surface area contributed by atoms with E-state index in [1.165, 1.54) is 26.0 Å². The van der Waals surface area contributed by atoms with Gasteiger partial charge in [-0.25, -0.2) is 23.1 Å². The molecular formula is C25H27F3N4O. The normalized spacial score (nSPS) is 17.1. The van der Waals surface area contributed by atoms with Crippen molar-refractivity contribution in [2.75, 3.05) is 17.3 Å². The molecule has 1 amide bonds. The van der Waals surface area contributed by atoms with Crippen LogP contribution in [0.5, 0.6) is 0 Å². The summed E-state index contributed by atoms with van der Waals surface area (Å²) in [4.78, 5) is 23.0. The molecule has 0 saturated heterocycles. The number of nitrogens with zero attached hydrogens (tertiary/aromatic N) is 3. The zero-order valence-corrected chi connectivity index (χ0v) is 19.5. The summed E-state index contributed by atoms with van der Waals surface area (Å²) >= 11 is 0. The first-order valence-corrected chi connectivity index (χ1v) is 11.0. The third-order valence-corrected chi connectivity index (χ3v) is 6.42. The molecule has 0 fully saturated rings. The van der Waals surface area contributed by atoms with E-state index in [0.29, 0.717) is 22.5 Å². The molecule has 174 valence electrons. The minimum atomic E-state index is -3.28. The number of halogens is 3. The summed E-state index contributed by atoms with van der Waals surface area (Å²) in [6.07, 6.45) is 0. The number of fused-ring (bicyclic) bond motifs is 2. The number of nitrogens with one attached hydrogen (secondary N) is 1. The Morgan fingerprint density at radius 1 is 1.15 bits per heavy atom. The quantitative estimate of drug-likeness (QED) is 0.506. The van der Waals surface area contributed by atoms with Gasteiger partial charge in [-0.05, 0) is 38.5 Å². The van der Waals surface area contributed by atoms with Crippen LogP contribution < -0.4 is 10.2 Å². The zero-order chi connectivity index (χ0) is 24.2. The Hall–Kier alpha value is -3.16. The highest BCUT2D eigenvalue weighted by atomic mass is 19.3. The van der Waals surface area contributed by atoms with Crippen LogP contribution in [-0.4, -0.2) is 22.9 Å². The van der Waals surface area contributed by atoms with Crippen LogP contribution in [0, 0.1) is 18.7 Å². The number of rotatable bonds is 5. The Bertz CT molecular complexity index is 1260. The van der Waals surface area contributed by atoms with Crippen molar-refractivity contribution in [1.82, 2.24) is 9.97 Å². The van der Waals surface area contributed by atoms with Crippen LogP contribution in [0.4, 0.5) is 24.7 Å². The molecule has 8 heteroatoms. The number of hydrogen-bond acceptors (Lipinski definition) is 4. The van der Waals surface area contributed by atoms with Crippen molar-refractivity contribution >= 4 is 28.3 Å². The fourth-order valence-electron chi connectivity index (χ4n) is 4.32. The van der Waals surface area contributed by atoms with Gasteiger partial charge in [0.15, 0.2) is 0 Å². The summed E-state index contributed by atoms with van der Waals surface area (Å²) in [6, 6.07) is 7.17. The van der Waals surface area contributed by atoms with Gasteiger partial charge in [-0.15, -0.1) is 0 Å². The van der Waals surface area contributed by atoms with E-state index < -0.39 is 29.3 Å². The van der Waals surface area contributed by atoms with Crippen LogP contribution in [0.2, 0.25) is 0 Å². The standard InChI is InChI=1S/C25H27F3N4O/c1-12(2)25(27,28)19-9-7-8-16(22(19)26)14(4)29-23-18-10-17-13(3)24(33)32(6)21(17)11-20(18)30-15(5)31-23/h7-14H,1-6H3,(H,29,30,31)/t13?,14-/m1/s1. The highest BCUT2D eigenvalue weighted by Gasteiger charge is 2.39. The highest BCUT2D eigenvalue weighted by molar-refractivity contribution is 6.07. The number of amides is 1. The van der Waals surface area contributed by atoms with Gasteiger partial charge in [-0.1, -0.05) is 32.0 Å². The molecule has 1 unspecified atom stereocenters. The molecule has 1 aliphatic heterocycles. The van der Waals surface area contributed by atoms with Gasteiger partial charge in [0.05, 0.1) is 23.0 Å². The molecule has 1 aliphatic rings. The van der Waals surface area contributed by atoms with E-state index in [1.54, 1.807) is 25.8 Å². The van der Waals surface area contributed by atoms with Crippen molar-refractivity contribution in [3.05, 3.63) is 58.7 Å². The number of carbonyl (C=O) groups excluding carboxylic acids is 1. The van der Waals surface area contributed by atoms with Crippen molar-refractivity contribution in [3.8, 4) is 0 Å². The molecule has 2 heterocycles. The summed E-state index contributed by atoms with van der Waals surface area (Å²) in [5.41, 5.74) is 1.82. The summed E-state index contributed by atoms with van der Waals surface area (Å²) in [7, 11) is 1.73. The van der Waals surface area contributed by atoms with Crippen LogP contribution in [-0.2, 0) is 10.7 Å². The lowest BCUT2D eigenvalue weighted by Crippen LogP contribution is -2.24. The number of alkyl halides is 2. The van der Waals surface area contributed by atoms with Crippen LogP contribution in [0.3, 0.4) is 0 Å². The van der Waals surface area contributed by atoms with Gasteiger partial charge < -0.3 is 10.2 Å². The smallest absolute Gasteiger partial charge is 0.278 e. The number of anilines is 2. The molecular weight excluding hydrogens is 429 g/mol. The fourth-order valence-corrected chi connectivity index (χ4v) is 4.32. The number of likely N-dealkylation sites (N-methyl/N-ethyl adjacent to an activating group) is 1. The van der Waals surface area contributed by atoms with Gasteiger partial charge in [-0.2, -0.15) is 0 Å². The molecule has 3 aromatic rings. The number of carbonyl (C=O) groups is 1. The van der Waals surface area contributed by atoms with E-state index in [0.717, 1.165) is 17.3 Å². The molecule has 0 aliphatic carbocycles. The lowest BCUT2D eigenvalue weighted by Gasteiger charge is -2.24. The van der Waals surface area contributed by atoms with Crippen LogP contribution in [0.25, 0.3) is 10.9 Å². The largest absolute Gasteiger partial charge is 0.363 e. The van der Waals surface area contributed by atoms with Gasteiger partial charge in [0, 0.05) is 29.6 Å². The van der Waals surface area contributed by atoms with E-state index in [-0.39, 0.29) is 17.4 Å². The van der Waals surface area contributed by atoms with E-state index in [9.17, 15) is 13.6 Å². The minimum absolute atomic E-state index is 0.00201. The Kier molecular flexibility index (Phi) is 5.58. The predicted molar refractivity (Wildman–Crippen MR) is 123 cm³/mol. The maximum absolute atomic E-state index is 15.2. The number of aromatic nitrogens is 2. The molecule has 33 heavy (non-hydrogen) atoms. The topological polar surface area (TPSA) is 58.1 Å². The van der Waals surface area contributed by atoms with Crippen LogP contribution >= 0.6 is 0 Å². The summed E-state index contributed by atoms with van der Waals surface area (Å²) in [5, 5.41) is 3.87. The number of aryl methyl sites for hydroxylation is 1. The molecule has 2 aromatic carbocycles. The third kappa shape index (κ3) is 3.71. The van der Waals surface area contributed by atoms with E-state index in [4.69, 9.17) is 0 Å². The van der Waals surface area contributed by atoms with E-state index in [1.807, 2.05) is 19.1 Å². The molecule has 5 nitrogen and oxygen atoms in total. The first kappa shape index (κ1) is 23.0. The van der Waals surface area contributed by atoms with Crippen molar-refractivity contribution < 1.29 is 18.0 Å². The fraction of sp³-hybridized carbons (Fsp3) is 0.400. The second-order valence-corrected chi connectivity index (χ2v) is 9.02. The average Bonchev–Trinajstić information content (AvgIpc) is 2.95. The van der Waals surface area contributed by atoms with Crippen molar-refractivity contribution in [1.29, 1.82) is 0 Å². The van der Waals surface area contributed by atoms with Gasteiger partial charge in [0.25, 0.3) is 5.92 Å². The lowest BCUT2D eigenvalue weighted by atomic mass is 9.94. The van der Waals surface area contributed by atoms with Crippen molar-refractivity contribution in [3.63, 3.8) is 0 Å². The third-order valence-electron chi connectivity index (χ3n) is 6.42. The molecule has 0 radical (unpaired) electrons. The monoisotopic (exact) mass is 456 g/mol. The second-order valence-electron chi connectivity index (χ2n) is 9.02. The Morgan fingerprint density at radius 3 is 2.52 bits per heavy atom. The minimum Gasteiger partial charge on any atom is -0.363 e. The van der Waals surface area contributed by atoms with Crippen molar-refractivity contribution in [2.24, 2.45) is 5.92 Å². The molecule has 0 spiro atoms. The van der Waals surface area contributed by atoms with Gasteiger partial charge in [-0.3, -0.25) is 4.79 Å². The number of hydrogen-bond donors (Lipinski definition) is 1. The van der Waals surface area contributed by atoms with E-state index >= 15 is 4.39 Å². The molecule has 0 bridgehead atoms. The summed E-state index contributed by atoms with van der Waals surface area (Å²) in [5.74, 6) is -4.59. The van der Waals surface area contributed by atoms with Crippen molar-refractivity contribution in [2.45, 2.75) is 52.5 Å².